The van der Waals surface area contributed by atoms with Gasteiger partial charge in [-0.1, -0.05) is 17.3 Å². The Balaban J connectivity index is 2.33. The van der Waals surface area contributed by atoms with E-state index in [1.807, 2.05) is 18.2 Å². The Kier molecular flexibility index (Phi) is 2.36. The number of benzene rings is 1. The van der Waals surface area contributed by atoms with Gasteiger partial charge in [0.05, 0.1) is 0 Å². The average molecular weight is 191 g/mol. The van der Waals surface area contributed by atoms with E-state index in [1.165, 1.54) is 4.90 Å². The normalized spacial score (nSPS) is 10.2. The molecule has 0 bridgehead atoms. The van der Waals surface area contributed by atoms with Crippen molar-refractivity contribution in [3.8, 4) is 11.3 Å². The van der Waals surface area contributed by atoms with Crippen LogP contribution in [-0.2, 0) is 0 Å². The number of rotatable bonds is 2. The molecule has 13 heavy (non-hydrogen) atoms. The van der Waals surface area contributed by atoms with E-state index < -0.39 is 0 Å². The molecule has 0 unspecified atom stereocenters. The molecule has 2 rings (SSSR count). The van der Waals surface area contributed by atoms with Crippen LogP contribution in [0.3, 0.4) is 0 Å². The molecule has 1 aromatic carbocycles. The minimum atomic E-state index is 0.882. The molecule has 2 nitrogen and oxygen atoms in total. The Hall–Kier alpha value is -1.22. The first-order valence-electron chi connectivity index (χ1n) is 3.95. The van der Waals surface area contributed by atoms with Gasteiger partial charge in [-0.3, -0.25) is 0 Å². The molecule has 66 valence electrons. The van der Waals surface area contributed by atoms with Crippen molar-refractivity contribution in [1.82, 2.24) is 5.16 Å². The molecule has 0 N–H and O–H groups in total. The lowest BCUT2D eigenvalue weighted by molar-refractivity contribution is 0.422. The van der Waals surface area contributed by atoms with Crippen LogP contribution in [0.25, 0.3) is 11.3 Å². The zero-order valence-corrected chi connectivity index (χ0v) is 8.04. The van der Waals surface area contributed by atoms with Gasteiger partial charge in [0.15, 0.2) is 0 Å². The van der Waals surface area contributed by atoms with Crippen LogP contribution < -0.4 is 0 Å². The Bertz CT molecular complexity index is 366. The fourth-order valence-electron chi connectivity index (χ4n) is 1.12. The van der Waals surface area contributed by atoms with Crippen molar-refractivity contribution in [3.63, 3.8) is 0 Å². The van der Waals surface area contributed by atoms with E-state index in [4.69, 9.17) is 4.52 Å². The van der Waals surface area contributed by atoms with Gasteiger partial charge in [0.1, 0.15) is 12.0 Å². The summed E-state index contributed by atoms with van der Waals surface area (Å²) >= 11 is 1.73. The molecule has 0 aliphatic carbocycles. The molecular weight excluding hydrogens is 182 g/mol. The second kappa shape index (κ2) is 3.66. The number of hydrogen-bond donors (Lipinski definition) is 0. The molecule has 1 heterocycles. The highest BCUT2D eigenvalue weighted by Gasteiger charge is 1.99. The van der Waals surface area contributed by atoms with E-state index in [0.29, 0.717) is 0 Å². The number of thioether (sulfide) groups is 1. The molecule has 0 atom stereocenters. The lowest BCUT2D eigenvalue weighted by Crippen LogP contribution is -1.76. The lowest BCUT2D eigenvalue weighted by atomic mass is 10.2. The van der Waals surface area contributed by atoms with Gasteiger partial charge in [0.2, 0.25) is 0 Å². The molecule has 0 radical (unpaired) electrons. The number of aromatic nitrogens is 1. The van der Waals surface area contributed by atoms with E-state index >= 15 is 0 Å². The second-order valence-corrected chi connectivity index (χ2v) is 3.49. The minimum Gasteiger partial charge on any atom is -0.364 e. The minimum absolute atomic E-state index is 0.882. The first kappa shape index (κ1) is 8.38. The van der Waals surface area contributed by atoms with Gasteiger partial charge in [-0.25, -0.2) is 0 Å². The zero-order chi connectivity index (χ0) is 9.10. The Morgan fingerprint density at radius 3 is 2.46 bits per heavy atom. The first-order chi connectivity index (χ1) is 6.40. The van der Waals surface area contributed by atoms with Gasteiger partial charge < -0.3 is 4.52 Å². The van der Waals surface area contributed by atoms with E-state index in [9.17, 15) is 0 Å². The summed E-state index contributed by atoms with van der Waals surface area (Å²) in [5.41, 5.74) is 1.97. The van der Waals surface area contributed by atoms with Crippen molar-refractivity contribution in [1.29, 1.82) is 0 Å². The van der Waals surface area contributed by atoms with Crippen LogP contribution in [0, 0.1) is 0 Å². The van der Waals surface area contributed by atoms with E-state index in [2.05, 4.69) is 23.5 Å². The van der Waals surface area contributed by atoms with Crippen molar-refractivity contribution >= 4 is 11.8 Å². The monoisotopic (exact) mass is 191 g/mol. The fourth-order valence-corrected chi connectivity index (χ4v) is 1.53. The SMILES string of the molecule is CSc1ccc(-c2ccon2)cc1. The summed E-state index contributed by atoms with van der Waals surface area (Å²) in [6.45, 7) is 0. The van der Waals surface area contributed by atoms with Crippen molar-refractivity contribution in [2.24, 2.45) is 0 Å². The van der Waals surface area contributed by atoms with Crippen LogP contribution >= 0.6 is 11.8 Å². The molecule has 0 saturated carbocycles. The van der Waals surface area contributed by atoms with Gasteiger partial charge in [-0.2, -0.15) is 0 Å². The molecule has 1 aromatic heterocycles. The van der Waals surface area contributed by atoms with E-state index in [1.54, 1.807) is 18.0 Å². The quantitative estimate of drug-likeness (QED) is 0.682. The highest BCUT2D eigenvalue weighted by atomic mass is 32.2. The molecular formula is C10H9NOS. The van der Waals surface area contributed by atoms with Crippen LogP contribution in [0.15, 0.2) is 46.0 Å². The van der Waals surface area contributed by atoms with Crippen molar-refractivity contribution in [2.75, 3.05) is 6.26 Å². The molecule has 2 aromatic rings. The maximum atomic E-state index is 4.77. The van der Waals surface area contributed by atoms with Crippen LogP contribution in [0.2, 0.25) is 0 Å². The summed E-state index contributed by atoms with van der Waals surface area (Å²) in [5.74, 6) is 0. The Labute approximate surface area is 80.9 Å². The third-order valence-electron chi connectivity index (χ3n) is 1.82. The molecule has 0 spiro atoms. The Morgan fingerprint density at radius 2 is 1.92 bits per heavy atom. The van der Waals surface area contributed by atoms with Crippen LogP contribution in [-0.4, -0.2) is 11.4 Å². The van der Waals surface area contributed by atoms with E-state index in [0.717, 1.165) is 11.3 Å². The number of nitrogens with zero attached hydrogens (tertiary/aromatic N) is 1. The largest absolute Gasteiger partial charge is 0.364 e. The van der Waals surface area contributed by atoms with Gasteiger partial charge >= 0.3 is 0 Å². The highest BCUT2D eigenvalue weighted by molar-refractivity contribution is 7.98. The van der Waals surface area contributed by atoms with Crippen molar-refractivity contribution < 1.29 is 4.52 Å². The smallest absolute Gasteiger partial charge is 0.124 e. The maximum Gasteiger partial charge on any atom is 0.124 e. The van der Waals surface area contributed by atoms with Crippen LogP contribution in [0.1, 0.15) is 0 Å². The summed E-state index contributed by atoms with van der Waals surface area (Å²) in [5, 5.41) is 3.86. The van der Waals surface area contributed by atoms with Gasteiger partial charge in [-0.15, -0.1) is 11.8 Å². The number of hydrogen-bond acceptors (Lipinski definition) is 3. The van der Waals surface area contributed by atoms with Gasteiger partial charge in [0, 0.05) is 16.5 Å². The first-order valence-corrected chi connectivity index (χ1v) is 5.17. The standard InChI is InChI=1S/C10H9NOS/c1-13-9-4-2-8(3-5-9)10-6-7-12-11-10/h2-7H,1H3. The van der Waals surface area contributed by atoms with Gasteiger partial charge in [0.25, 0.3) is 0 Å². The molecule has 0 aliphatic heterocycles. The summed E-state index contributed by atoms with van der Waals surface area (Å²) < 4.78 is 4.77. The zero-order valence-electron chi connectivity index (χ0n) is 7.23. The van der Waals surface area contributed by atoms with Crippen LogP contribution in [0.5, 0.6) is 0 Å². The molecule has 0 amide bonds. The van der Waals surface area contributed by atoms with Crippen molar-refractivity contribution in [2.45, 2.75) is 4.90 Å². The predicted octanol–water partition coefficient (Wildman–Crippen LogP) is 3.06. The highest BCUT2D eigenvalue weighted by Crippen LogP contribution is 2.21. The van der Waals surface area contributed by atoms with Crippen molar-refractivity contribution in [3.05, 3.63) is 36.6 Å². The van der Waals surface area contributed by atoms with E-state index in [-0.39, 0.29) is 0 Å². The van der Waals surface area contributed by atoms with Gasteiger partial charge in [-0.05, 0) is 18.4 Å². The third-order valence-corrected chi connectivity index (χ3v) is 2.57. The predicted molar refractivity (Wildman–Crippen MR) is 53.7 cm³/mol. The topological polar surface area (TPSA) is 26.0 Å². The summed E-state index contributed by atoms with van der Waals surface area (Å²) in [4.78, 5) is 1.26. The molecule has 3 heteroatoms. The maximum absolute atomic E-state index is 4.77. The lowest BCUT2D eigenvalue weighted by Gasteiger charge is -1.97. The molecule has 0 aliphatic rings. The molecule has 0 saturated heterocycles. The summed E-state index contributed by atoms with van der Waals surface area (Å²) in [6, 6.07) is 10.1. The average Bonchev–Trinajstić information content (AvgIpc) is 2.71. The third kappa shape index (κ3) is 1.75. The Morgan fingerprint density at radius 1 is 1.15 bits per heavy atom. The van der Waals surface area contributed by atoms with Crippen LogP contribution in [0.4, 0.5) is 0 Å². The second-order valence-electron chi connectivity index (χ2n) is 2.61. The molecule has 0 fully saturated rings. The summed E-state index contributed by atoms with van der Waals surface area (Å²) in [6.07, 6.45) is 3.64. The summed E-state index contributed by atoms with van der Waals surface area (Å²) in [7, 11) is 0. The fraction of sp³-hybridized carbons (Fsp3) is 0.100.